The molecule has 1 aromatic carbocycles. The van der Waals surface area contributed by atoms with Gasteiger partial charge in [-0.1, -0.05) is 18.2 Å². The summed E-state index contributed by atoms with van der Waals surface area (Å²) in [7, 11) is -0.734. The molecule has 0 unspecified atom stereocenters. The van der Waals surface area contributed by atoms with Gasteiger partial charge in [0.15, 0.2) is 0 Å². The molecule has 3 aromatic rings. The zero-order valence-corrected chi connectivity index (χ0v) is 18.0. The highest BCUT2D eigenvalue weighted by Gasteiger charge is 2.18. The number of rotatable bonds is 9. The molecule has 30 heavy (non-hydrogen) atoms. The van der Waals surface area contributed by atoms with Crippen LogP contribution in [0.3, 0.4) is 0 Å². The van der Waals surface area contributed by atoms with E-state index in [1.807, 2.05) is 31.2 Å². The van der Waals surface area contributed by atoms with Gasteiger partial charge in [0.25, 0.3) is 0 Å². The summed E-state index contributed by atoms with van der Waals surface area (Å²) in [4.78, 5) is 4.08. The van der Waals surface area contributed by atoms with Gasteiger partial charge >= 0.3 is 10.2 Å². The monoisotopic (exact) mass is 430 g/mol. The van der Waals surface area contributed by atoms with E-state index in [1.54, 1.807) is 24.5 Å². The van der Waals surface area contributed by atoms with Crippen LogP contribution in [0.5, 0.6) is 5.75 Å². The maximum atomic E-state index is 12.1. The number of nitrogens with zero attached hydrogens (tertiary/aromatic N) is 4. The summed E-state index contributed by atoms with van der Waals surface area (Å²) in [6.07, 6.45) is 6.80. The van der Waals surface area contributed by atoms with E-state index < -0.39 is 16.3 Å². The Labute approximate surface area is 176 Å². The molecule has 0 aliphatic carbocycles. The molecule has 0 saturated carbocycles. The molecule has 8 nitrogen and oxygen atoms in total. The number of hydrogen-bond acceptors (Lipinski definition) is 6. The molecule has 2 heterocycles. The molecule has 2 aromatic heterocycles. The molecule has 0 fully saturated rings. The lowest BCUT2D eigenvalue weighted by atomic mass is 10.1. The third-order valence-electron chi connectivity index (χ3n) is 4.76. The van der Waals surface area contributed by atoms with Crippen LogP contribution in [0.1, 0.15) is 18.9 Å². The van der Waals surface area contributed by atoms with Crippen LogP contribution in [0.15, 0.2) is 61.2 Å². The molecule has 0 radical (unpaired) electrons. The maximum absolute atomic E-state index is 12.1. The summed E-state index contributed by atoms with van der Waals surface area (Å²) in [5.74, 6) is 0.625. The van der Waals surface area contributed by atoms with E-state index in [0.29, 0.717) is 17.7 Å². The van der Waals surface area contributed by atoms with Gasteiger partial charge in [-0.25, -0.2) is 0 Å². The van der Waals surface area contributed by atoms with Gasteiger partial charge < -0.3 is 9.84 Å². The second-order valence-corrected chi connectivity index (χ2v) is 9.21. The van der Waals surface area contributed by atoms with Crippen molar-refractivity contribution in [2.45, 2.75) is 32.0 Å². The normalized spacial score (nSPS) is 13.9. The molecule has 2 atom stereocenters. The lowest BCUT2D eigenvalue weighted by molar-refractivity contribution is 0.0420. The van der Waals surface area contributed by atoms with Gasteiger partial charge in [-0.05, 0) is 49.1 Å². The fourth-order valence-corrected chi connectivity index (χ4v) is 3.61. The van der Waals surface area contributed by atoms with Crippen LogP contribution in [0.25, 0.3) is 11.1 Å². The average Bonchev–Trinajstić information content (AvgIpc) is 3.24. The van der Waals surface area contributed by atoms with Crippen LogP contribution in [-0.4, -0.2) is 58.3 Å². The van der Waals surface area contributed by atoms with Crippen molar-refractivity contribution in [2.24, 2.45) is 0 Å². The van der Waals surface area contributed by atoms with Crippen molar-refractivity contribution in [3.63, 3.8) is 0 Å². The molecule has 0 spiro atoms. The minimum absolute atomic E-state index is 0.375. The molecule has 1 N–H and O–H groups in total. The first kappa shape index (κ1) is 21.9. The quantitative estimate of drug-likeness (QED) is 0.560. The van der Waals surface area contributed by atoms with Gasteiger partial charge in [-0.15, -0.1) is 0 Å². The van der Waals surface area contributed by atoms with Gasteiger partial charge in [0.1, 0.15) is 11.9 Å². The SMILES string of the molecule is C[C@@H](Oc1ccc(-c2cnn(S(=O)(=O)N(C)C)c2)cc1)[C@@H](O)CCc1cccnc1. The Kier molecular flexibility index (Phi) is 6.86. The average molecular weight is 431 g/mol. The van der Waals surface area contributed by atoms with Crippen LogP contribution in [0.2, 0.25) is 0 Å². The minimum Gasteiger partial charge on any atom is -0.488 e. The first-order valence-electron chi connectivity index (χ1n) is 9.59. The zero-order chi connectivity index (χ0) is 21.7. The number of aliphatic hydroxyl groups is 1. The molecule has 0 saturated heterocycles. The van der Waals surface area contributed by atoms with Crippen molar-refractivity contribution in [2.75, 3.05) is 14.1 Å². The molecule has 0 amide bonds. The Balaban J connectivity index is 1.60. The van der Waals surface area contributed by atoms with Crippen LogP contribution in [0.4, 0.5) is 0 Å². The standard InChI is InChI=1S/C21H26N4O4S/c1-16(21(26)11-6-17-5-4-12-22-13-17)29-20-9-7-18(8-10-20)19-14-23-25(15-19)30(27,28)24(2)3/h4-5,7-10,12-16,21,26H,6,11H2,1-3H3/t16-,21+/m1/s1. The van der Waals surface area contributed by atoms with Crippen LogP contribution >= 0.6 is 0 Å². The van der Waals surface area contributed by atoms with Gasteiger partial charge in [0.05, 0.1) is 18.5 Å². The number of hydrogen-bond donors (Lipinski definition) is 1. The highest BCUT2D eigenvalue weighted by atomic mass is 32.2. The van der Waals surface area contributed by atoms with Gasteiger partial charge in [-0.3, -0.25) is 4.98 Å². The third kappa shape index (κ3) is 5.24. The van der Waals surface area contributed by atoms with Crippen molar-refractivity contribution >= 4 is 10.2 Å². The van der Waals surface area contributed by atoms with Crippen molar-refractivity contribution in [1.29, 1.82) is 0 Å². The van der Waals surface area contributed by atoms with Crippen molar-refractivity contribution in [3.8, 4) is 16.9 Å². The minimum atomic E-state index is -3.64. The first-order chi connectivity index (χ1) is 14.3. The predicted octanol–water partition coefficient (Wildman–Crippen LogP) is 2.36. The van der Waals surface area contributed by atoms with E-state index in [-0.39, 0.29) is 6.10 Å². The Morgan fingerprint density at radius 1 is 1.13 bits per heavy atom. The molecule has 0 aliphatic heterocycles. The van der Waals surface area contributed by atoms with Crippen LogP contribution < -0.4 is 4.74 Å². The molecular weight excluding hydrogens is 404 g/mol. The Morgan fingerprint density at radius 2 is 1.87 bits per heavy atom. The second-order valence-electron chi connectivity index (χ2n) is 7.21. The number of aryl methyl sites for hydroxylation is 1. The van der Waals surface area contributed by atoms with E-state index in [0.717, 1.165) is 25.9 Å². The topological polar surface area (TPSA) is 97.6 Å². The van der Waals surface area contributed by atoms with E-state index in [2.05, 4.69) is 10.1 Å². The van der Waals surface area contributed by atoms with Gasteiger partial charge in [0, 0.05) is 32.1 Å². The van der Waals surface area contributed by atoms with Gasteiger partial charge in [-0.2, -0.15) is 21.9 Å². The highest BCUT2D eigenvalue weighted by Crippen LogP contribution is 2.24. The predicted molar refractivity (Wildman–Crippen MR) is 114 cm³/mol. The second kappa shape index (κ2) is 9.38. The van der Waals surface area contributed by atoms with Crippen molar-refractivity contribution < 1.29 is 18.3 Å². The summed E-state index contributed by atoms with van der Waals surface area (Å²) >= 11 is 0. The molecule has 9 heteroatoms. The third-order valence-corrected chi connectivity index (χ3v) is 6.36. The number of aromatic nitrogens is 3. The molecular formula is C21H26N4O4S. The van der Waals surface area contributed by atoms with E-state index in [1.165, 1.54) is 26.5 Å². The van der Waals surface area contributed by atoms with Gasteiger partial charge in [0.2, 0.25) is 0 Å². The maximum Gasteiger partial charge on any atom is 0.322 e. The summed E-state index contributed by atoms with van der Waals surface area (Å²) < 4.78 is 32.2. The number of ether oxygens (including phenoxy) is 1. The summed E-state index contributed by atoms with van der Waals surface area (Å²) in [5.41, 5.74) is 2.56. The van der Waals surface area contributed by atoms with Crippen molar-refractivity contribution in [3.05, 3.63) is 66.7 Å². The van der Waals surface area contributed by atoms with E-state index >= 15 is 0 Å². The Hall–Kier alpha value is -2.75. The zero-order valence-electron chi connectivity index (χ0n) is 17.2. The number of pyridine rings is 1. The fourth-order valence-electron chi connectivity index (χ4n) is 2.86. The van der Waals surface area contributed by atoms with E-state index in [4.69, 9.17) is 4.74 Å². The number of benzene rings is 1. The lowest BCUT2D eigenvalue weighted by Crippen LogP contribution is -2.29. The molecule has 0 bridgehead atoms. The lowest BCUT2D eigenvalue weighted by Gasteiger charge is -2.20. The Morgan fingerprint density at radius 3 is 2.50 bits per heavy atom. The molecule has 3 rings (SSSR count). The molecule has 0 aliphatic rings. The summed E-state index contributed by atoms with van der Waals surface area (Å²) in [5, 5.41) is 14.3. The van der Waals surface area contributed by atoms with E-state index in [9.17, 15) is 13.5 Å². The smallest absolute Gasteiger partial charge is 0.322 e. The number of aliphatic hydroxyl groups excluding tert-OH is 1. The largest absolute Gasteiger partial charge is 0.488 e. The van der Waals surface area contributed by atoms with Crippen LogP contribution in [-0.2, 0) is 16.6 Å². The van der Waals surface area contributed by atoms with Crippen LogP contribution in [0, 0.1) is 0 Å². The first-order valence-corrected chi connectivity index (χ1v) is 11.0. The molecule has 160 valence electrons. The highest BCUT2D eigenvalue weighted by molar-refractivity contribution is 7.87. The fraction of sp³-hybridized carbons (Fsp3) is 0.333. The Bertz CT molecular complexity index is 1050. The summed E-state index contributed by atoms with van der Waals surface area (Å²) in [6.45, 7) is 1.83. The summed E-state index contributed by atoms with van der Waals surface area (Å²) in [6, 6.07) is 11.1. The van der Waals surface area contributed by atoms with Crippen molar-refractivity contribution in [1.82, 2.24) is 18.5 Å².